The lowest BCUT2D eigenvalue weighted by Crippen LogP contribution is -2.52. The highest BCUT2D eigenvalue weighted by Gasteiger charge is 2.51. The second kappa shape index (κ2) is 10.1. The van der Waals surface area contributed by atoms with Crippen molar-refractivity contribution in [2.75, 3.05) is 33.4 Å². The quantitative estimate of drug-likeness (QED) is 0.330. The number of nitriles is 1. The number of nitrogens with one attached hydrogen (secondary N) is 1. The van der Waals surface area contributed by atoms with E-state index in [1.54, 1.807) is 13.2 Å². The van der Waals surface area contributed by atoms with Crippen molar-refractivity contribution in [2.45, 2.75) is 44.4 Å². The maximum atomic E-state index is 12.0. The molecule has 1 aliphatic heterocycles. The molecule has 3 aliphatic rings. The smallest absolute Gasteiger partial charge is 0.306 e. The Kier molecular flexibility index (Phi) is 6.36. The minimum atomic E-state index is -0.802. The van der Waals surface area contributed by atoms with Crippen LogP contribution in [0.25, 0.3) is 21.8 Å². The van der Waals surface area contributed by atoms with Crippen LogP contribution in [0, 0.1) is 30.1 Å². The van der Waals surface area contributed by atoms with Gasteiger partial charge in [0.15, 0.2) is 5.75 Å². The highest BCUT2D eigenvalue weighted by atomic mass is 16.5. The molecule has 0 spiro atoms. The molecule has 3 heterocycles. The average molecular weight is 556 g/mol. The second-order valence-corrected chi connectivity index (χ2v) is 11.5. The van der Waals surface area contributed by atoms with Crippen molar-refractivity contribution in [3.05, 3.63) is 53.3 Å². The number of benzene rings is 2. The molecule has 2 aromatic heterocycles. The number of ether oxygens (including phenoxy) is 3. The first-order valence-electron chi connectivity index (χ1n) is 14.2. The zero-order chi connectivity index (χ0) is 28.2. The Morgan fingerprint density at radius 1 is 1.24 bits per heavy atom. The topological polar surface area (TPSA) is 126 Å². The van der Waals surface area contributed by atoms with Crippen molar-refractivity contribution in [1.82, 2.24) is 19.7 Å². The van der Waals surface area contributed by atoms with Gasteiger partial charge in [0.1, 0.15) is 23.4 Å². The standard InChI is InChI=1S/C31H33N5O5/c1-17-11-25(39-2)26(22-5-6-33-27(17)22)29(23-14-24(23)31(37)38)36-16-19-4-3-18(15-32)30(28(19)34-36)41-21-12-20(13-21)35-7-9-40-10-8-35/h3-6,11,16,20-21,23-24,29,33H,7-10,12-14H2,1-2H3,(H,37,38)/t20?,21?,23?,24-,29-/m1/s1. The van der Waals surface area contributed by atoms with Gasteiger partial charge in [-0.05, 0) is 49.1 Å². The molecule has 2 N–H and O–H groups in total. The number of carboxylic acids is 1. The van der Waals surface area contributed by atoms with Gasteiger partial charge in [0.2, 0.25) is 0 Å². The van der Waals surface area contributed by atoms with Crippen LogP contribution >= 0.6 is 0 Å². The number of rotatable bonds is 8. The number of aromatic nitrogens is 3. The fourth-order valence-electron chi connectivity index (χ4n) is 6.74. The van der Waals surface area contributed by atoms with Crippen molar-refractivity contribution in [3.8, 4) is 17.6 Å². The third-order valence-electron chi connectivity index (χ3n) is 9.09. The van der Waals surface area contributed by atoms with E-state index in [9.17, 15) is 15.2 Å². The number of H-pyrrole nitrogens is 1. The zero-order valence-corrected chi connectivity index (χ0v) is 23.2. The zero-order valence-electron chi connectivity index (χ0n) is 23.2. The Labute approximate surface area is 237 Å². The molecule has 3 fully saturated rings. The molecule has 0 bridgehead atoms. The van der Waals surface area contributed by atoms with Crippen LogP contribution in [0.4, 0.5) is 0 Å². The first kappa shape index (κ1) is 25.9. The summed E-state index contributed by atoms with van der Waals surface area (Å²) >= 11 is 0. The van der Waals surface area contributed by atoms with Crippen LogP contribution in [-0.4, -0.2) is 76.3 Å². The van der Waals surface area contributed by atoms with Gasteiger partial charge in [-0.2, -0.15) is 10.4 Å². The molecular formula is C31H33N5O5. The number of carboxylic acid groups (broad SMARTS) is 1. The number of carbonyl (C=O) groups is 1. The summed E-state index contributed by atoms with van der Waals surface area (Å²) in [6, 6.07) is 10.1. The van der Waals surface area contributed by atoms with Gasteiger partial charge in [-0.3, -0.25) is 14.4 Å². The Morgan fingerprint density at radius 2 is 2.05 bits per heavy atom. The summed E-state index contributed by atoms with van der Waals surface area (Å²) in [5, 5.41) is 26.7. The number of methoxy groups -OCH3 is 1. The van der Waals surface area contributed by atoms with Gasteiger partial charge in [-0.25, -0.2) is 0 Å². The van der Waals surface area contributed by atoms with E-state index in [0.29, 0.717) is 35.0 Å². The third kappa shape index (κ3) is 4.40. The number of aliphatic carboxylic acids is 1. The predicted molar refractivity (Wildman–Crippen MR) is 151 cm³/mol. The van der Waals surface area contributed by atoms with E-state index in [1.165, 1.54) is 0 Å². The predicted octanol–water partition coefficient (Wildman–Crippen LogP) is 4.26. The Bertz CT molecular complexity index is 1670. The molecule has 0 amide bonds. The number of hydrogen-bond donors (Lipinski definition) is 2. The number of morpholine rings is 1. The molecule has 2 saturated carbocycles. The van der Waals surface area contributed by atoms with Gasteiger partial charge in [-0.1, -0.05) is 0 Å². The monoisotopic (exact) mass is 555 g/mol. The summed E-state index contributed by atoms with van der Waals surface area (Å²) in [6.07, 6.45) is 6.21. The Morgan fingerprint density at radius 3 is 2.76 bits per heavy atom. The molecule has 2 aromatic carbocycles. The van der Waals surface area contributed by atoms with Crippen LogP contribution in [0.5, 0.6) is 11.5 Å². The first-order chi connectivity index (χ1) is 20.0. The minimum Gasteiger partial charge on any atom is -0.496 e. The average Bonchev–Trinajstić information content (AvgIpc) is 3.37. The fraction of sp³-hybridized carbons (Fsp3) is 0.452. The normalized spacial score (nSPS) is 25.0. The number of aryl methyl sites for hydroxylation is 1. The molecule has 41 heavy (non-hydrogen) atoms. The summed E-state index contributed by atoms with van der Waals surface area (Å²) in [7, 11) is 1.64. The summed E-state index contributed by atoms with van der Waals surface area (Å²) in [4.78, 5) is 17.8. The van der Waals surface area contributed by atoms with Crippen LogP contribution in [0.15, 0.2) is 36.7 Å². The number of nitrogens with zero attached hydrogens (tertiary/aromatic N) is 4. The van der Waals surface area contributed by atoms with Gasteiger partial charge in [0.05, 0.1) is 37.8 Å². The minimum absolute atomic E-state index is 0.0120. The lowest BCUT2D eigenvalue weighted by atomic mass is 9.87. The van der Waals surface area contributed by atoms with Gasteiger partial charge in [0, 0.05) is 66.2 Å². The molecule has 0 radical (unpaired) electrons. The van der Waals surface area contributed by atoms with Crippen LogP contribution in [0.3, 0.4) is 0 Å². The van der Waals surface area contributed by atoms with Crippen molar-refractivity contribution in [3.63, 3.8) is 0 Å². The maximum Gasteiger partial charge on any atom is 0.306 e. The lowest BCUT2D eigenvalue weighted by molar-refractivity contribution is -0.139. The van der Waals surface area contributed by atoms with Gasteiger partial charge in [-0.15, -0.1) is 0 Å². The molecule has 7 rings (SSSR count). The van der Waals surface area contributed by atoms with E-state index in [2.05, 4.69) is 16.0 Å². The van der Waals surface area contributed by atoms with Gasteiger partial charge in [0.25, 0.3) is 0 Å². The SMILES string of the molecule is COc1cc(C)c2[nH]ccc2c1[C@@H](C1C[C@H]1C(=O)O)n1cc2ccc(C#N)c(OC3CC(N4CCOCC4)C3)c2n1. The van der Waals surface area contributed by atoms with E-state index in [4.69, 9.17) is 19.3 Å². The molecule has 10 heteroatoms. The van der Waals surface area contributed by atoms with Crippen molar-refractivity contribution in [2.24, 2.45) is 11.8 Å². The number of fused-ring (bicyclic) bond motifs is 2. The van der Waals surface area contributed by atoms with Crippen LogP contribution in [0.1, 0.15) is 42.0 Å². The van der Waals surface area contributed by atoms with E-state index in [0.717, 1.165) is 66.6 Å². The summed E-state index contributed by atoms with van der Waals surface area (Å²) in [5.74, 6) is -0.222. The fourth-order valence-corrected chi connectivity index (χ4v) is 6.74. The maximum absolute atomic E-state index is 12.0. The van der Waals surface area contributed by atoms with Gasteiger partial charge >= 0.3 is 5.97 Å². The summed E-state index contributed by atoms with van der Waals surface area (Å²) in [6.45, 7) is 5.44. The highest BCUT2D eigenvalue weighted by molar-refractivity contribution is 5.90. The molecule has 212 valence electrons. The Balaban J connectivity index is 1.28. The molecule has 4 aromatic rings. The molecule has 10 nitrogen and oxygen atoms in total. The molecule has 3 atom stereocenters. The summed E-state index contributed by atoms with van der Waals surface area (Å²) < 4.78 is 19.7. The van der Waals surface area contributed by atoms with Crippen molar-refractivity contribution >= 4 is 27.8 Å². The third-order valence-corrected chi connectivity index (χ3v) is 9.09. The van der Waals surface area contributed by atoms with Gasteiger partial charge < -0.3 is 24.3 Å². The first-order valence-corrected chi connectivity index (χ1v) is 14.2. The molecule has 2 aliphatic carbocycles. The Hall–Kier alpha value is -4.07. The van der Waals surface area contributed by atoms with E-state index < -0.39 is 11.9 Å². The molecular weight excluding hydrogens is 522 g/mol. The second-order valence-electron chi connectivity index (χ2n) is 11.5. The van der Waals surface area contributed by atoms with E-state index in [-0.39, 0.29) is 18.1 Å². The number of hydrogen-bond acceptors (Lipinski definition) is 7. The van der Waals surface area contributed by atoms with E-state index >= 15 is 0 Å². The number of aromatic amines is 1. The van der Waals surface area contributed by atoms with Crippen molar-refractivity contribution in [1.29, 1.82) is 5.26 Å². The van der Waals surface area contributed by atoms with Crippen LogP contribution in [-0.2, 0) is 9.53 Å². The largest absolute Gasteiger partial charge is 0.496 e. The summed E-state index contributed by atoms with van der Waals surface area (Å²) in [5.41, 5.74) is 4.01. The van der Waals surface area contributed by atoms with Crippen LogP contribution in [0.2, 0.25) is 0 Å². The highest BCUT2D eigenvalue weighted by Crippen LogP contribution is 2.53. The van der Waals surface area contributed by atoms with Crippen LogP contribution < -0.4 is 9.47 Å². The molecule has 1 saturated heterocycles. The van der Waals surface area contributed by atoms with Crippen molar-refractivity contribution < 1.29 is 24.1 Å². The molecule has 1 unspecified atom stereocenters. The van der Waals surface area contributed by atoms with E-state index in [1.807, 2.05) is 42.2 Å². The lowest BCUT2D eigenvalue weighted by Gasteiger charge is -2.44.